The van der Waals surface area contributed by atoms with Gasteiger partial charge in [-0.25, -0.2) is 8.42 Å². The van der Waals surface area contributed by atoms with Gasteiger partial charge in [0.25, 0.3) is 0 Å². The second-order valence-corrected chi connectivity index (χ2v) is 9.62. The van der Waals surface area contributed by atoms with Gasteiger partial charge in [-0.1, -0.05) is 12.1 Å². The van der Waals surface area contributed by atoms with Crippen LogP contribution >= 0.6 is 0 Å². The number of H-pyrrole nitrogens is 1. The standard InChI is InChI=1S/C22H27N5O3S/c1-3-26(4-2)17-8-5-7-16(13-17)14-21(28)23-22-19-15-18(9-10-20(19)24-25-22)27-11-6-12-31(27,29)30/h5,7-10,13,15H,3-4,6,11-12,14H2,1-2H3,(H2,23,24,25,28). The largest absolute Gasteiger partial charge is 0.372 e. The summed E-state index contributed by atoms with van der Waals surface area (Å²) >= 11 is 0. The van der Waals surface area contributed by atoms with E-state index in [4.69, 9.17) is 0 Å². The minimum atomic E-state index is -3.27. The van der Waals surface area contributed by atoms with Crippen molar-refractivity contribution in [1.82, 2.24) is 10.2 Å². The number of nitrogens with one attached hydrogen (secondary N) is 2. The van der Waals surface area contributed by atoms with E-state index in [9.17, 15) is 13.2 Å². The van der Waals surface area contributed by atoms with Gasteiger partial charge in [0, 0.05) is 30.7 Å². The van der Waals surface area contributed by atoms with Crippen molar-refractivity contribution in [2.75, 3.05) is 39.9 Å². The summed E-state index contributed by atoms with van der Waals surface area (Å²) in [6.07, 6.45) is 0.839. The number of rotatable bonds is 7. The summed E-state index contributed by atoms with van der Waals surface area (Å²) in [5.74, 6) is 0.384. The predicted octanol–water partition coefficient (Wildman–Crippen LogP) is 3.13. The number of fused-ring (bicyclic) bond motifs is 1. The Hall–Kier alpha value is -3.07. The molecule has 1 saturated heterocycles. The highest BCUT2D eigenvalue weighted by atomic mass is 32.2. The van der Waals surface area contributed by atoms with Crippen LogP contribution in [0.1, 0.15) is 25.8 Å². The number of carbonyl (C=O) groups excluding carboxylic acids is 1. The molecule has 0 radical (unpaired) electrons. The highest BCUT2D eigenvalue weighted by molar-refractivity contribution is 7.93. The summed E-state index contributed by atoms with van der Waals surface area (Å²) in [4.78, 5) is 14.9. The molecule has 0 aliphatic carbocycles. The molecule has 3 aromatic rings. The maximum absolute atomic E-state index is 12.7. The molecule has 164 valence electrons. The fourth-order valence-electron chi connectivity index (χ4n) is 4.00. The molecule has 8 nitrogen and oxygen atoms in total. The smallest absolute Gasteiger partial charge is 0.235 e. The van der Waals surface area contributed by atoms with E-state index in [1.807, 2.05) is 24.3 Å². The maximum atomic E-state index is 12.7. The van der Waals surface area contributed by atoms with Crippen LogP contribution in [0.4, 0.5) is 17.2 Å². The molecule has 1 aliphatic heterocycles. The van der Waals surface area contributed by atoms with Crippen LogP contribution in [0.2, 0.25) is 0 Å². The molecule has 1 aromatic heterocycles. The first-order valence-electron chi connectivity index (χ1n) is 10.5. The first-order chi connectivity index (χ1) is 14.9. The number of anilines is 3. The Bertz CT molecular complexity index is 1200. The summed E-state index contributed by atoms with van der Waals surface area (Å²) in [7, 11) is -3.27. The van der Waals surface area contributed by atoms with Crippen LogP contribution < -0.4 is 14.5 Å². The van der Waals surface area contributed by atoms with Crippen LogP contribution in [0, 0.1) is 0 Å². The lowest BCUT2D eigenvalue weighted by Gasteiger charge is -2.21. The molecule has 0 unspecified atom stereocenters. The van der Waals surface area contributed by atoms with Crippen molar-refractivity contribution in [1.29, 1.82) is 0 Å². The second-order valence-electron chi connectivity index (χ2n) is 7.61. The summed E-state index contributed by atoms with van der Waals surface area (Å²) in [5, 5.41) is 10.7. The third-order valence-electron chi connectivity index (χ3n) is 5.60. The van der Waals surface area contributed by atoms with Crippen molar-refractivity contribution in [2.45, 2.75) is 26.7 Å². The molecule has 4 rings (SSSR count). The average molecular weight is 442 g/mol. The van der Waals surface area contributed by atoms with Gasteiger partial charge in [-0.15, -0.1) is 0 Å². The molecule has 2 heterocycles. The number of aromatic amines is 1. The van der Waals surface area contributed by atoms with Crippen molar-refractivity contribution in [3.8, 4) is 0 Å². The topological polar surface area (TPSA) is 98.4 Å². The van der Waals surface area contributed by atoms with E-state index in [2.05, 4.69) is 34.3 Å². The van der Waals surface area contributed by atoms with Crippen molar-refractivity contribution >= 4 is 44.0 Å². The number of hydrogen-bond donors (Lipinski definition) is 2. The number of sulfonamides is 1. The van der Waals surface area contributed by atoms with Gasteiger partial charge in [-0.2, -0.15) is 5.10 Å². The van der Waals surface area contributed by atoms with Crippen LogP contribution in [-0.2, 0) is 21.2 Å². The number of carbonyl (C=O) groups is 1. The summed E-state index contributed by atoms with van der Waals surface area (Å²) in [5.41, 5.74) is 3.34. The average Bonchev–Trinajstić information content (AvgIpc) is 3.31. The Balaban J connectivity index is 1.53. The lowest BCUT2D eigenvalue weighted by molar-refractivity contribution is -0.115. The molecule has 2 N–H and O–H groups in total. The van der Waals surface area contributed by atoms with Crippen LogP contribution in [0.3, 0.4) is 0 Å². The van der Waals surface area contributed by atoms with E-state index >= 15 is 0 Å². The van der Waals surface area contributed by atoms with E-state index in [-0.39, 0.29) is 18.1 Å². The maximum Gasteiger partial charge on any atom is 0.235 e. The van der Waals surface area contributed by atoms with Gasteiger partial charge >= 0.3 is 0 Å². The first-order valence-corrected chi connectivity index (χ1v) is 12.1. The Morgan fingerprint density at radius 1 is 1.19 bits per heavy atom. The minimum absolute atomic E-state index is 0.159. The lowest BCUT2D eigenvalue weighted by Crippen LogP contribution is -2.24. The molecule has 0 atom stereocenters. The van der Waals surface area contributed by atoms with Gasteiger partial charge in [0.2, 0.25) is 15.9 Å². The molecule has 9 heteroatoms. The van der Waals surface area contributed by atoms with Crippen LogP contribution in [0.15, 0.2) is 42.5 Å². The molecule has 1 aliphatic rings. The van der Waals surface area contributed by atoms with E-state index in [0.29, 0.717) is 29.9 Å². The SMILES string of the molecule is CCN(CC)c1cccc(CC(=O)Nc2n[nH]c3ccc(N4CCCS4(=O)=O)cc23)c1. The highest BCUT2D eigenvalue weighted by Gasteiger charge is 2.28. The molecule has 0 bridgehead atoms. The van der Waals surface area contributed by atoms with Crippen molar-refractivity contribution in [3.05, 3.63) is 48.0 Å². The van der Waals surface area contributed by atoms with Crippen LogP contribution in [0.25, 0.3) is 10.9 Å². The van der Waals surface area contributed by atoms with Crippen molar-refractivity contribution < 1.29 is 13.2 Å². The monoisotopic (exact) mass is 441 g/mol. The Morgan fingerprint density at radius 3 is 2.71 bits per heavy atom. The van der Waals surface area contributed by atoms with Gasteiger partial charge in [0.15, 0.2) is 5.82 Å². The van der Waals surface area contributed by atoms with Gasteiger partial charge in [-0.05, 0) is 56.2 Å². The zero-order valence-electron chi connectivity index (χ0n) is 17.8. The van der Waals surface area contributed by atoms with E-state index in [1.54, 1.807) is 18.2 Å². The molecule has 1 fully saturated rings. The zero-order valence-corrected chi connectivity index (χ0v) is 18.6. The second kappa shape index (κ2) is 8.58. The molecular weight excluding hydrogens is 414 g/mol. The third kappa shape index (κ3) is 4.36. The molecule has 2 aromatic carbocycles. The normalized spacial score (nSPS) is 15.4. The Labute approximate surface area is 182 Å². The molecule has 1 amide bonds. The first kappa shape index (κ1) is 21.2. The predicted molar refractivity (Wildman–Crippen MR) is 124 cm³/mol. The fourth-order valence-corrected chi connectivity index (χ4v) is 5.55. The number of amides is 1. The quantitative estimate of drug-likeness (QED) is 0.587. The van der Waals surface area contributed by atoms with Crippen LogP contribution in [0.5, 0.6) is 0 Å². The summed E-state index contributed by atoms with van der Waals surface area (Å²) in [6.45, 7) is 6.48. The molecular formula is C22H27N5O3S. The van der Waals surface area contributed by atoms with E-state index in [1.165, 1.54) is 4.31 Å². The van der Waals surface area contributed by atoms with Gasteiger partial charge in [0.1, 0.15) is 0 Å². The van der Waals surface area contributed by atoms with Crippen molar-refractivity contribution in [2.24, 2.45) is 0 Å². The number of aromatic nitrogens is 2. The van der Waals surface area contributed by atoms with Gasteiger partial charge in [-0.3, -0.25) is 14.2 Å². The van der Waals surface area contributed by atoms with Gasteiger partial charge in [0.05, 0.1) is 23.4 Å². The highest BCUT2D eigenvalue weighted by Crippen LogP contribution is 2.30. The summed E-state index contributed by atoms with van der Waals surface area (Å²) < 4.78 is 25.9. The third-order valence-corrected chi connectivity index (χ3v) is 7.46. The molecule has 0 spiro atoms. The van der Waals surface area contributed by atoms with E-state index in [0.717, 1.165) is 29.9 Å². The number of hydrogen-bond acceptors (Lipinski definition) is 5. The fraction of sp³-hybridized carbons (Fsp3) is 0.364. The molecule has 31 heavy (non-hydrogen) atoms. The van der Waals surface area contributed by atoms with E-state index < -0.39 is 10.0 Å². The van der Waals surface area contributed by atoms with Crippen LogP contribution in [-0.4, -0.2) is 49.9 Å². The lowest BCUT2D eigenvalue weighted by atomic mass is 10.1. The Morgan fingerprint density at radius 2 is 2.00 bits per heavy atom. The number of nitrogens with zero attached hydrogens (tertiary/aromatic N) is 3. The number of benzene rings is 2. The summed E-state index contributed by atoms with van der Waals surface area (Å²) in [6, 6.07) is 13.3. The van der Waals surface area contributed by atoms with Crippen molar-refractivity contribution in [3.63, 3.8) is 0 Å². The zero-order chi connectivity index (χ0) is 22.0. The minimum Gasteiger partial charge on any atom is -0.372 e. The van der Waals surface area contributed by atoms with Gasteiger partial charge < -0.3 is 10.2 Å². The Kier molecular flexibility index (Phi) is 5.86. The molecule has 0 saturated carbocycles.